The van der Waals surface area contributed by atoms with Crippen LogP contribution in [-0.4, -0.2) is 19.9 Å². The van der Waals surface area contributed by atoms with E-state index in [0.717, 1.165) is 37.5 Å². The molecule has 0 radical (unpaired) electrons. The molecule has 0 fully saturated rings. The van der Waals surface area contributed by atoms with E-state index in [2.05, 4.69) is 51.4 Å². The number of hydrogen-bond donors (Lipinski definition) is 0. The Morgan fingerprint density at radius 2 is 1.41 bits per heavy atom. The van der Waals surface area contributed by atoms with Crippen molar-refractivity contribution in [3.63, 3.8) is 0 Å². The van der Waals surface area contributed by atoms with Crippen molar-refractivity contribution in [2.45, 2.75) is 0 Å². The van der Waals surface area contributed by atoms with Crippen molar-refractivity contribution in [2.24, 2.45) is 0 Å². The first-order valence-electron chi connectivity index (χ1n) is 11.6. The third-order valence-corrected chi connectivity index (χ3v) is 7.69. The summed E-state index contributed by atoms with van der Waals surface area (Å²) in [4.78, 5) is 17.7. The zero-order chi connectivity index (χ0) is 24.9. The SMILES string of the molecule is Fc1cc(-c2nc(Cl)nc(-c3ccc4c(c3)sc3cc(-c5cccnc5)ccc34)n2)c2ccccc2c1. The normalized spacial score (nSPS) is 11.5. The van der Waals surface area contributed by atoms with Gasteiger partial charge in [-0.1, -0.05) is 54.6 Å². The Labute approximate surface area is 220 Å². The van der Waals surface area contributed by atoms with Crippen molar-refractivity contribution in [3.8, 4) is 33.9 Å². The fraction of sp³-hybridized carbons (Fsp3) is 0. The number of pyridine rings is 1. The Morgan fingerprint density at radius 1 is 0.649 bits per heavy atom. The van der Waals surface area contributed by atoms with Crippen molar-refractivity contribution in [2.75, 3.05) is 0 Å². The molecule has 3 aromatic heterocycles. The number of rotatable bonds is 3. The van der Waals surface area contributed by atoms with Crippen LogP contribution in [0.2, 0.25) is 5.28 Å². The minimum absolute atomic E-state index is 0.0610. The number of nitrogens with zero attached hydrogens (tertiary/aromatic N) is 4. The highest BCUT2D eigenvalue weighted by Gasteiger charge is 2.15. The molecule has 0 N–H and O–H groups in total. The Balaban J connectivity index is 1.35. The number of halogens is 2. The first kappa shape index (κ1) is 22.0. The second-order valence-electron chi connectivity index (χ2n) is 8.69. The summed E-state index contributed by atoms with van der Waals surface area (Å²) in [6.45, 7) is 0. The lowest BCUT2D eigenvalue weighted by Gasteiger charge is -2.08. The average molecular weight is 519 g/mol. The summed E-state index contributed by atoms with van der Waals surface area (Å²) in [5.74, 6) is 0.422. The van der Waals surface area contributed by atoms with Gasteiger partial charge in [0.25, 0.3) is 0 Å². The summed E-state index contributed by atoms with van der Waals surface area (Å²) in [7, 11) is 0. The van der Waals surface area contributed by atoms with Gasteiger partial charge >= 0.3 is 0 Å². The summed E-state index contributed by atoms with van der Waals surface area (Å²) in [5.41, 5.74) is 3.60. The summed E-state index contributed by atoms with van der Waals surface area (Å²) >= 11 is 8.05. The molecule has 0 atom stereocenters. The fourth-order valence-corrected chi connectivity index (χ4v) is 6.03. The van der Waals surface area contributed by atoms with Crippen molar-refractivity contribution >= 4 is 53.9 Å². The van der Waals surface area contributed by atoms with Gasteiger partial charge in [0, 0.05) is 49.3 Å². The lowest BCUT2D eigenvalue weighted by atomic mass is 10.0. The van der Waals surface area contributed by atoms with Crippen molar-refractivity contribution in [1.29, 1.82) is 0 Å². The van der Waals surface area contributed by atoms with E-state index in [0.29, 0.717) is 17.2 Å². The van der Waals surface area contributed by atoms with E-state index in [-0.39, 0.29) is 11.1 Å². The molecule has 4 aromatic carbocycles. The molecule has 7 rings (SSSR count). The Bertz CT molecular complexity index is 1970. The van der Waals surface area contributed by atoms with Gasteiger partial charge in [0.2, 0.25) is 5.28 Å². The molecule has 0 aliphatic carbocycles. The lowest BCUT2D eigenvalue weighted by molar-refractivity contribution is 0.630. The van der Waals surface area contributed by atoms with E-state index in [1.807, 2.05) is 42.6 Å². The van der Waals surface area contributed by atoms with E-state index in [1.165, 1.54) is 22.2 Å². The molecule has 0 bridgehead atoms. The van der Waals surface area contributed by atoms with E-state index in [9.17, 15) is 4.39 Å². The number of thiophene rings is 1. The Kier molecular flexibility index (Phi) is 5.16. The van der Waals surface area contributed by atoms with Crippen LogP contribution >= 0.6 is 22.9 Å². The highest BCUT2D eigenvalue weighted by molar-refractivity contribution is 7.25. The van der Waals surface area contributed by atoms with Crippen LogP contribution in [-0.2, 0) is 0 Å². The lowest BCUT2D eigenvalue weighted by Crippen LogP contribution is -1.98. The molecule has 0 saturated heterocycles. The number of aromatic nitrogens is 4. The number of fused-ring (bicyclic) bond motifs is 4. The van der Waals surface area contributed by atoms with E-state index in [4.69, 9.17) is 16.6 Å². The molecule has 4 nitrogen and oxygen atoms in total. The largest absolute Gasteiger partial charge is 0.264 e. The Morgan fingerprint density at radius 3 is 2.22 bits per heavy atom. The molecule has 3 heterocycles. The highest BCUT2D eigenvalue weighted by Crippen LogP contribution is 2.38. The van der Waals surface area contributed by atoms with Gasteiger partial charge in [-0.3, -0.25) is 4.98 Å². The summed E-state index contributed by atoms with van der Waals surface area (Å²) < 4.78 is 16.7. The molecule has 7 aromatic rings. The van der Waals surface area contributed by atoms with Crippen LogP contribution < -0.4 is 0 Å². The minimum atomic E-state index is -0.357. The van der Waals surface area contributed by atoms with E-state index >= 15 is 0 Å². The predicted molar refractivity (Wildman–Crippen MR) is 149 cm³/mol. The molecule has 0 unspecified atom stereocenters. The zero-order valence-electron chi connectivity index (χ0n) is 19.2. The summed E-state index contributed by atoms with van der Waals surface area (Å²) in [6.07, 6.45) is 3.65. The quantitative estimate of drug-likeness (QED) is 0.235. The van der Waals surface area contributed by atoms with Crippen molar-refractivity contribution < 1.29 is 4.39 Å². The highest BCUT2D eigenvalue weighted by atomic mass is 35.5. The van der Waals surface area contributed by atoms with Gasteiger partial charge in [0.05, 0.1) is 0 Å². The first-order chi connectivity index (χ1) is 18.1. The maximum absolute atomic E-state index is 14.4. The summed E-state index contributed by atoms with van der Waals surface area (Å²) in [5, 5.41) is 4.04. The molecule has 7 heteroatoms. The third-order valence-electron chi connectivity index (χ3n) is 6.40. The monoisotopic (exact) mass is 518 g/mol. The number of hydrogen-bond acceptors (Lipinski definition) is 5. The van der Waals surface area contributed by atoms with Gasteiger partial charge in [0.15, 0.2) is 11.6 Å². The first-order valence-corrected chi connectivity index (χ1v) is 12.8. The predicted octanol–water partition coefficient (Wildman–Crippen LogP) is 8.58. The average Bonchev–Trinajstić information content (AvgIpc) is 3.30. The van der Waals surface area contributed by atoms with Gasteiger partial charge < -0.3 is 0 Å². The maximum atomic E-state index is 14.4. The molecule has 0 amide bonds. The molecule has 176 valence electrons. The number of benzene rings is 4. The molecular weight excluding hydrogens is 503 g/mol. The molecule has 0 aliphatic heterocycles. The molecular formula is C30H16ClFN4S. The topological polar surface area (TPSA) is 51.6 Å². The summed E-state index contributed by atoms with van der Waals surface area (Å²) in [6, 6.07) is 27.1. The van der Waals surface area contributed by atoms with Crippen LogP contribution in [0.15, 0.2) is 97.3 Å². The fourth-order valence-electron chi connectivity index (χ4n) is 4.69. The molecule has 0 spiro atoms. The molecule has 0 aliphatic rings. The van der Waals surface area contributed by atoms with Crippen LogP contribution in [0, 0.1) is 5.82 Å². The van der Waals surface area contributed by atoms with Gasteiger partial charge in [-0.15, -0.1) is 11.3 Å². The maximum Gasteiger partial charge on any atom is 0.226 e. The minimum Gasteiger partial charge on any atom is -0.264 e. The molecule has 37 heavy (non-hydrogen) atoms. The second kappa shape index (κ2) is 8.69. The van der Waals surface area contributed by atoms with Crippen LogP contribution in [0.1, 0.15) is 0 Å². The van der Waals surface area contributed by atoms with Gasteiger partial charge in [-0.2, -0.15) is 9.97 Å². The van der Waals surface area contributed by atoms with E-state index in [1.54, 1.807) is 17.5 Å². The smallest absolute Gasteiger partial charge is 0.226 e. The standard InChI is InChI=1S/C30H16ClFN4S/c31-30-35-28(34-29(36-30)25-15-21(32)12-18-4-1-2-6-22(18)25)19-8-10-24-23-9-7-17(20-5-3-11-33-16-20)13-26(23)37-27(24)14-19/h1-16H. The van der Waals surface area contributed by atoms with Gasteiger partial charge in [0.1, 0.15) is 5.82 Å². The van der Waals surface area contributed by atoms with Crippen molar-refractivity contribution in [3.05, 3.63) is 108 Å². The molecule has 0 saturated carbocycles. The van der Waals surface area contributed by atoms with Crippen LogP contribution in [0.3, 0.4) is 0 Å². The van der Waals surface area contributed by atoms with Crippen LogP contribution in [0.4, 0.5) is 4.39 Å². The van der Waals surface area contributed by atoms with Crippen LogP contribution in [0.25, 0.3) is 64.8 Å². The van der Waals surface area contributed by atoms with E-state index < -0.39 is 0 Å². The second-order valence-corrected chi connectivity index (χ2v) is 10.1. The van der Waals surface area contributed by atoms with Crippen LogP contribution in [0.5, 0.6) is 0 Å². The Hall–Kier alpha value is -4.26. The third kappa shape index (κ3) is 3.91. The van der Waals surface area contributed by atoms with Gasteiger partial charge in [-0.25, -0.2) is 9.37 Å². The zero-order valence-corrected chi connectivity index (χ0v) is 20.8. The van der Waals surface area contributed by atoms with Gasteiger partial charge in [-0.05, 0) is 58.3 Å². The van der Waals surface area contributed by atoms with Crippen molar-refractivity contribution in [1.82, 2.24) is 19.9 Å².